The normalized spacial score (nSPS) is 12.5. The smallest absolute Gasteiger partial charge is 0.274 e. The van der Waals surface area contributed by atoms with Crippen LogP contribution in [0.1, 0.15) is 23.6 Å². The molecule has 12 heteroatoms. The lowest BCUT2D eigenvalue weighted by molar-refractivity contribution is -0.134. The Labute approximate surface area is 155 Å². The van der Waals surface area contributed by atoms with E-state index in [1.807, 2.05) is 5.48 Å². The Morgan fingerprint density at radius 3 is 2.41 bits per heavy atom. The van der Waals surface area contributed by atoms with E-state index in [1.54, 1.807) is 13.8 Å². The lowest BCUT2D eigenvalue weighted by Crippen LogP contribution is -2.30. The number of aryl methyl sites for hydroxylation is 3. The molecule has 0 aliphatic carbocycles. The molecular weight excluding hydrogens is 387 g/mol. The quantitative estimate of drug-likeness (QED) is 0.719. The first-order valence-corrected chi connectivity index (χ1v) is 8.71. The van der Waals surface area contributed by atoms with Gasteiger partial charge in [0.1, 0.15) is 11.6 Å². The Kier molecular flexibility index (Phi) is 6.80. The predicted octanol–water partition coefficient (Wildman–Crippen LogP) is 2.76. The Morgan fingerprint density at radius 2 is 1.78 bits per heavy atom. The molecule has 27 heavy (non-hydrogen) atoms. The number of alkyl halides is 3. The van der Waals surface area contributed by atoms with E-state index >= 15 is 0 Å². The molecule has 0 aliphatic heterocycles. The zero-order chi connectivity index (χ0) is 20.0. The van der Waals surface area contributed by atoms with Crippen LogP contribution in [0.4, 0.5) is 23.9 Å². The second-order valence-electron chi connectivity index (χ2n) is 5.35. The van der Waals surface area contributed by atoms with Gasteiger partial charge in [-0.25, -0.2) is 19.5 Å². The van der Waals surface area contributed by atoms with Crippen molar-refractivity contribution in [1.82, 2.24) is 20.4 Å². The van der Waals surface area contributed by atoms with Crippen molar-refractivity contribution < 1.29 is 26.5 Å². The summed E-state index contributed by atoms with van der Waals surface area (Å²) in [6.45, 7) is 3.22. The highest BCUT2D eigenvalue weighted by molar-refractivity contribution is 7.80. The molecule has 0 spiro atoms. The summed E-state index contributed by atoms with van der Waals surface area (Å²) in [5.74, 6) is 0.749. The molecule has 1 heterocycles. The monoisotopic (exact) mass is 403 g/mol. The molecule has 2 rings (SSSR count). The summed E-state index contributed by atoms with van der Waals surface area (Å²) in [4.78, 5) is 23.5. The van der Waals surface area contributed by atoms with Crippen LogP contribution in [0, 0.1) is 13.8 Å². The summed E-state index contributed by atoms with van der Waals surface area (Å²) in [6, 6.07) is 4.90. The highest BCUT2D eigenvalue weighted by Gasteiger charge is 2.27. The summed E-state index contributed by atoms with van der Waals surface area (Å²) in [7, 11) is 0. The Morgan fingerprint density at radius 1 is 1.15 bits per heavy atom. The van der Waals surface area contributed by atoms with E-state index < -0.39 is 29.7 Å². The van der Waals surface area contributed by atoms with Crippen LogP contribution in [0.5, 0.6) is 0 Å². The number of aromatic nitrogens is 3. The first kappa shape index (κ1) is 20.7. The molecule has 0 saturated carbocycles. The molecular formula is C15H16F3N5O3S. The maximum Gasteiger partial charge on any atom is 0.389 e. The minimum absolute atomic E-state index is 0.0301. The van der Waals surface area contributed by atoms with Crippen LogP contribution >= 0.6 is 0 Å². The first-order valence-electron chi connectivity index (χ1n) is 7.64. The van der Waals surface area contributed by atoms with Crippen molar-refractivity contribution in [2.24, 2.45) is 0 Å². The van der Waals surface area contributed by atoms with Crippen molar-refractivity contribution in [1.29, 1.82) is 0 Å². The fourth-order valence-electron chi connectivity index (χ4n) is 2.07. The molecule has 0 aliphatic rings. The zero-order valence-electron chi connectivity index (χ0n) is 14.3. The average molecular weight is 403 g/mol. The molecule has 0 bridgehead atoms. The second kappa shape index (κ2) is 8.86. The topological polar surface area (TPSA) is 106 Å². The summed E-state index contributed by atoms with van der Waals surface area (Å²) in [6.07, 6.45) is -5.76. The average Bonchev–Trinajstić information content (AvgIpc) is 2.56. The fourth-order valence-corrected chi connectivity index (χ4v) is 2.88. The van der Waals surface area contributed by atoms with Crippen LogP contribution in [0.2, 0.25) is 0 Å². The van der Waals surface area contributed by atoms with E-state index in [0.717, 1.165) is 0 Å². The number of rotatable bonds is 6. The van der Waals surface area contributed by atoms with Gasteiger partial charge >= 0.3 is 12.2 Å². The number of hydroxylamine groups is 1. The molecule has 1 aromatic carbocycles. The molecule has 1 aromatic heterocycles. The number of nitrogens with zero attached hydrogens (tertiary/aromatic N) is 3. The number of amides is 2. The number of hydrogen-bond donors (Lipinski definition) is 2. The van der Waals surface area contributed by atoms with Gasteiger partial charge in [-0.15, -0.1) is 0 Å². The van der Waals surface area contributed by atoms with Crippen LogP contribution in [-0.2, 0) is 21.8 Å². The van der Waals surface area contributed by atoms with Gasteiger partial charge in [0.2, 0.25) is 17.0 Å². The lowest BCUT2D eigenvalue weighted by Gasteiger charge is -2.11. The number of carbonyl (C=O) groups is 1. The number of hydrogen-bond acceptors (Lipinski definition) is 6. The number of urea groups is 1. The van der Waals surface area contributed by atoms with Gasteiger partial charge in [0.15, 0.2) is 0 Å². The number of halogens is 3. The van der Waals surface area contributed by atoms with Gasteiger partial charge in [0.05, 0.1) is 4.90 Å². The van der Waals surface area contributed by atoms with Gasteiger partial charge in [-0.2, -0.15) is 27.4 Å². The number of benzene rings is 1. The van der Waals surface area contributed by atoms with Crippen LogP contribution in [0.3, 0.4) is 0 Å². The van der Waals surface area contributed by atoms with Crippen molar-refractivity contribution in [3.05, 3.63) is 41.5 Å². The van der Waals surface area contributed by atoms with Gasteiger partial charge in [-0.3, -0.25) is 5.32 Å². The molecule has 2 amide bonds. The Bertz CT molecular complexity index is 827. The van der Waals surface area contributed by atoms with Crippen molar-refractivity contribution >= 4 is 23.1 Å². The molecule has 1 atom stereocenters. The van der Waals surface area contributed by atoms with Crippen molar-refractivity contribution in [2.75, 3.05) is 5.32 Å². The Hall–Kier alpha value is -2.60. The van der Waals surface area contributed by atoms with Crippen LogP contribution in [-0.4, -0.2) is 31.4 Å². The van der Waals surface area contributed by atoms with Crippen LogP contribution in [0.15, 0.2) is 29.2 Å². The van der Waals surface area contributed by atoms with E-state index in [-0.39, 0.29) is 22.8 Å². The number of carbonyl (C=O) groups excluding carboxylic acids is 1. The van der Waals surface area contributed by atoms with Gasteiger partial charge < -0.3 is 0 Å². The van der Waals surface area contributed by atoms with Gasteiger partial charge in [-0.1, -0.05) is 18.2 Å². The zero-order valence-corrected chi connectivity index (χ0v) is 15.1. The van der Waals surface area contributed by atoms with Gasteiger partial charge in [0.25, 0.3) is 0 Å². The summed E-state index contributed by atoms with van der Waals surface area (Å²) in [5, 5.41) is 2.27. The van der Waals surface area contributed by atoms with Crippen molar-refractivity contribution in [2.45, 2.75) is 37.8 Å². The highest BCUT2D eigenvalue weighted by atomic mass is 32.2. The molecule has 2 aromatic rings. The molecule has 0 saturated heterocycles. The summed E-state index contributed by atoms with van der Waals surface area (Å²) in [5.41, 5.74) is 2.10. The fraction of sp³-hybridized carbons (Fsp3) is 0.333. The van der Waals surface area contributed by atoms with Gasteiger partial charge in [-0.05, 0) is 31.9 Å². The van der Waals surface area contributed by atoms with E-state index in [2.05, 4.69) is 20.3 Å². The minimum Gasteiger partial charge on any atom is -0.274 e. The maximum absolute atomic E-state index is 12.4. The molecule has 0 radical (unpaired) electrons. The van der Waals surface area contributed by atoms with Crippen LogP contribution < -0.4 is 10.8 Å². The number of anilines is 1. The largest absolute Gasteiger partial charge is 0.389 e. The van der Waals surface area contributed by atoms with Gasteiger partial charge in [0, 0.05) is 6.42 Å². The molecule has 8 nitrogen and oxygen atoms in total. The molecule has 1 unspecified atom stereocenters. The molecule has 0 fully saturated rings. The molecule has 146 valence electrons. The van der Waals surface area contributed by atoms with Crippen molar-refractivity contribution in [3.63, 3.8) is 0 Å². The lowest BCUT2D eigenvalue weighted by atomic mass is 10.1. The first-order chi connectivity index (χ1) is 12.6. The highest BCUT2D eigenvalue weighted by Crippen LogP contribution is 2.24. The third-order valence-electron chi connectivity index (χ3n) is 3.12. The Balaban J connectivity index is 1.96. The summed E-state index contributed by atoms with van der Waals surface area (Å²) < 4.78 is 54.1. The van der Waals surface area contributed by atoms with Crippen LogP contribution in [0.25, 0.3) is 0 Å². The molecule has 2 N–H and O–H groups in total. The second-order valence-corrected chi connectivity index (χ2v) is 6.43. The summed E-state index contributed by atoms with van der Waals surface area (Å²) >= 11 is -2.20. The SMILES string of the molecule is Cc1nc(C)nc(NC(=O)NOS(=O)c2ccccc2CCC(F)(F)F)n1. The predicted molar refractivity (Wildman–Crippen MR) is 89.8 cm³/mol. The number of nitrogens with one attached hydrogen (secondary N) is 2. The van der Waals surface area contributed by atoms with E-state index in [0.29, 0.717) is 11.6 Å². The maximum atomic E-state index is 12.4. The third kappa shape index (κ3) is 6.90. The standard InChI is InChI=1S/C15H16F3N5O3S/c1-9-19-10(2)21-13(20-9)22-14(24)23-26-27(25)12-6-4-3-5-11(12)7-8-15(16,17)18/h3-6H,7-8H2,1-2H3,(H2,19,20,21,22,23,24). The third-order valence-corrected chi connectivity index (χ3v) is 4.12. The minimum atomic E-state index is -4.34. The van der Waals surface area contributed by atoms with E-state index in [9.17, 15) is 22.2 Å². The van der Waals surface area contributed by atoms with E-state index in [1.165, 1.54) is 24.3 Å². The van der Waals surface area contributed by atoms with Crippen molar-refractivity contribution in [3.8, 4) is 0 Å². The van der Waals surface area contributed by atoms with E-state index in [4.69, 9.17) is 4.28 Å².